The predicted octanol–water partition coefficient (Wildman–Crippen LogP) is 5.82. The normalized spacial score (nSPS) is 12.3. The van der Waals surface area contributed by atoms with Gasteiger partial charge in [0, 0.05) is 22.8 Å². The van der Waals surface area contributed by atoms with E-state index >= 15 is 0 Å². The predicted molar refractivity (Wildman–Crippen MR) is 123 cm³/mol. The van der Waals surface area contributed by atoms with Crippen molar-refractivity contribution >= 4 is 28.6 Å². The molecule has 2 aromatic carbocycles. The molecule has 7 nitrogen and oxygen atoms in total. The van der Waals surface area contributed by atoms with Crippen LogP contribution in [0.15, 0.2) is 49.3 Å². The van der Waals surface area contributed by atoms with Crippen molar-refractivity contribution in [2.45, 2.75) is 19.9 Å². The molecule has 5 rings (SSSR count). The monoisotopic (exact) mass is 465 g/mol. The molecule has 0 bridgehead atoms. The van der Waals surface area contributed by atoms with Gasteiger partial charge >= 0.3 is 0 Å². The number of benzene rings is 2. The third-order valence-electron chi connectivity index (χ3n) is 5.53. The van der Waals surface area contributed by atoms with Crippen molar-refractivity contribution in [1.29, 1.82) is 0 Å². The van der Waals surface area contributed by atoms with Crippen LogP contribution in [0.5, 0.6) is 0 Å². The molecule has 5 aromatic rings. The molecule has 33 heavy (non-hydrogen) atoms. The van der Waals surface area contributed by atoms with Gasteiger partial charge < -0.3 is 10.3 Å². The number of hydrogen-bond acceptors (Lipinski definition) is 5. The number of imidazole rings is 1. The van der Waals surface area contributed by atoms with E-state index in [2.05, 4.69) is 35.5 Å². The molecule has 3 N–H and O–H groups in total. The lowest BCUT2D eigenvalue weighted by Gasteiger charge is -2.24. The Labute approximate surface area is 192 Å². The highest BCUT2D eigenvalue weighted by Crippen LogP contribution is 2.43. The second kappa shape index (κ2) is 8.25. The minimum absolute atomic E-state index is 0.357. The van der Waals surface area contributed by atoms with Gasteiger partial charge in [-0.2, -0.15) is 5.10 Å². The summed E-state index contributed by atoms with van der Waals surface area (Å²) in [6.45, 7) is 3.78. The molecule has 0 fully saturated rings. The first kappa shape index (κ1) is 21.0. The Morgan fingerprint density at radius 2 is 1.79 bits per heavy atom. The van der Waals surface area contributed by atoms with Gasteiger partial charge in [-0.1, -0.05) is 11.6 Å². The van der Waals surface area contributed by atoms with Crippen LogP contribution < -0.4 is 5.32 Å². The average Bonchev–Trinajstić information content (AvgIpc) is 3.47. The van der Waals surface area contributed by atoms with Crippen LogP contribution in [0.1, 0.15) is 24.1 Å². The van der Waals surface area contributed by atoms with Crippen molar-refractivity contribution in [3.63, 3.8) is 0 Å². The van der Waals surface area contributed by atoms with Gasteiger partial charge in [0.25, 0.3) is 0 Å². The van der Waals surface area contributed by atoms with Gasteiger partial charge in [0.15, 0.2) is 11.5 Å². The van der Waals surface area contributed by atoms with Crippen molar-refractivity contribution < 1.29 is 8.78 Å². The SMILES string of the molecule is Cc1c(Cl)cc(C(C)Nc2ncnc3[nH]cnc23)c(-c2cc(F)cc(F)c2)c1-c1cn[nH]c1. The Morgan fingerprint density at radius 1 is 1.00 bits per heavy atom. The standard InChI is InChI=1S/C23H18ClF2N7/c1-11-18(24)6-17(12(2)33-23-21-22(28-9-27-21)29-10-30-23)20(19(11)14-7-31-32-8-14)13-3-15(25)5-16(26)4-13/h3-10,12H,1-2H3,(H,31,32)(H2,27,28,29,30,33). The second-order valence-corrected chi connectivity index (χ2v) is 8.06. The molecule has 0 amide bonds. The fraction of sp³-hybridized carbons (Fsp3) is 0.130. The van der Waals surface area contributed by atoms with E-state index in [1.165, 1.54) is 24.8 Å². The van der Waals surface area contributed by atoms with Crippen LogP contribution in [0, 0.1) is 18.6 Å². The maximum atomic E-state index is 14.3. The number of anilines is 1. The molecule has 0 saturated heterocycles. The van der Waals surface area contributed by atoms with Crippen LogP contribution >= 0.6 is 11.6 Å². The summed E-state index contributed by atoms with van der Waals surface area (Å²) in [6, 6.07) is 4.91. The summed E-state index contributed by atoms with van der Waals surface area (Å²) in [6.07, 6.45) is 6.34. The number of aromatic nitrogens is 6. The molecule has 0 spiro atoms. The van der Waals surface area contributed by atoms with Crippen LogP contribution in [-0.2, 0) is 0 Å². The Morgan fingerprint density at radius 3 is 2.52 bits per heavy atom. The third-order valence-corrected chi connectivity index (χ3v) is 5.92. The fourth-order valence-electron chi connectivity index (χ4n) is 4.02. The minimum atomic E-state index is -0.670. The molecule has 3 heterocycles. The molecule has 1 unspecified atom stereocenters. The number of nitrogens with one attached hydrogen (secondary N) is 3. The zero-order valence-electron chi connectivity index (χ0n) is 17.6. The van der Waals surface area contributed by atoms with Crippen molar-refractivity contribution in [3.8, 4) is 22.3 Å². The molecule has 0 aliphatic carbocycles. The lowest BCUT2D eigenvalue weighted by molar-refractivity contribution is 0.584. The van der Waals surface area contributed by atoms with Gasteiger partial charge in [-0.05, 0) is 59.9 Å². The summed E-state index contributed by atoms with van der Waals surface area (Å²) >= 11 is 6.63. The van der Waals surface area contributed by atoms with Gasteiger partial charge in [0.2, 0.25) is 0 Å². The number of rotatable bonds is 5. The molecule has 0 aliphatic rings. The zero-order valence-corrected chi connectivity index (χ0v) is 18.4. The highest BCUT2D eigenvalue weighted by Gasteiger charge is 2.23. The quantitative estimate of drug-likeness (QED) is 0.304. The maximum absolute atomic E-state index is 14.3. The highest BCUT2D eigenvalue weighted by molar-refractivity contribution is 6.32. The zero-order chi connectivity index (χ0) is 23.1. The largest absolute Gasteiger partial charge is 0.362 e. The van der Waals surface area contributed by atoms with Crippen molar-refractivity contribution in [2.24, 2.45) is 0 Å². The molecule has 0 aliphatic heterocycles. The Balaban J connectivity index is 1.73. The van der Waals surface area contributed by atoms with Gasteiger partial charge in [0.05, 0.1) is 18.6 Å². The molecule has 1 atom stereocenters. The van der Waals surface area contributed by atoms with Crippen LogP contribution in [-0.4, -0.2) is 30.1 Å². The molecular formula is C23H18ClF2N7. The maximum Gasteiger partial charge on any atom is 0.162 e. The Kier molecular flexibility index (Phi) is 5.26. The first-order chi connectivity index (χ1) is 15.9. The average molecular weight is 466 g/mol. The van der Waals surface area contributed by atoms with E-state index in [0.717, 1.165) is 28.3 Å². The summed E-state index contributed by atoms with van der Waals surface area (Å²) in [5.74, 6) is -0.820. The third kappa shape index (κ3) is 3.80. The molecule has 3 aromatic heterocycles. The summed E-state index contributed by atoms with van der Waals surface area (Å²) in [5, 5.41) is 10.7. The van der Waals surface area contributed by atoms with Gasteiger partial charge in [0.1, 0.15) is 23.5 Å². The molecule has 0 radical (unpaired) electrons. The van der Waals surface area contributed by atoms with E-state index < -0.39 is 11.6 Å². The molecule has 0 saturated carbocycles. The van der Waals surface area contributed by atoms with Crippen molar-refractivity contribution in [2.75, 3.05) is 5.32 Å². The van der Waals surface area contributed by atoms with Gasteiger partial charge in [-0.3, -0.25) is 5.10 Å². The first-order valence-electron chi connectivity index (χ1n) is 10.1. The van der Waals surface area contributed by atoms with Crippen LogP contribution in [0.25, 0.3) is 33.4 Å². The summed E-state index contributed by atoms with van der Waals surface area (Å²) in [4.78, 5) is 15.7. The summed E-state index contributed by atoms with van der Waals surface area (Å²) in [5.41, 5.74) is 5.18. The lowest BCUT2D eigenvalue weighted by Crippen LogP contribution is -2.11. The van der Waals surface area contributed by atoms with Crippen LogP contribution in [0.3, 0.4) is 0 Å². The van der Waals surface area contributed by atoms with E-state index in [1.807, 2.05) is 13.8 Å². The fourth-order valence-corrected chi connectivity index (χ4v) is 4.23. The second-order valence-electron chi connectivity index (χ2n) is 7.66. The lowest BCUT2D eigenvalue weighted by atomic mass is 9.86. The number of nitrogens with zero attached hydrogens (tertiary/aromatic N) is 4. The Hall–Kier alpha value is -3.85. The van der Waals surface area contributed by atoms with E-state index in [0.29, 0.717) is 33.1 Å². The van der Waals surface area contributed by atoms with Crippen molar-refractivity contribution in [1.82, 2.24) is 30.1 Å². The summed E-state index contributed by atoms with van der Waals surface area (Å²) in [7, 11) is 0. The van der Waals surface area contributed by atoms with E-state index in [-0.39, 0.29) is 6.04 Å². The number of hydrogen-bond donors (Lipinski definition) is 3. The Bertz CT molecular complexity index is 1440. The number of fused-ring (bicyclic) bond motifs is 1. The van der Waals surface area contributed by atoms with E-state index in [1.54, 1.807) is 18.5 Å². The first-order valence-corrected chi connectivity index (χ1v) is 10.5. The minimum Gasteiger partial charge on any atom is -0.362 e. The molecular weight excluding hydrogens is 448 g/mol. The van der Waals surface area contributed by atoms with E-state index in [4.69, 9.17) is 11.6 Å². The van der Waals surface area contributed by atoms with Gasteiger partial charge in [-0.25, -0.2) is 23.7 Å². The summed E-state index contributed by atoms with van der Waals surface area (Å²) < 4.78 is 28.5. The number of halogens is 3. The number of H-pyrrole nitrogens is 2. The van der Waals surface area contributed by atoms with Crippen LogP contribution in [0.2, 0.25) is 5.02 Å². The molecule has 166 valence electrons. The van der Waals surface area contributed by atoms with Crippen LogP contribution in [0.4, 0.5) is 14.6 Å². The topological polar surface area (TPSA) is 95.2 Å². The van der Waals surface area contributed by atoms with Gasteiger partial charge in [-0.15, -0.1) is 0 Å². The highest BCUT2D eigenvalue weighted by atomic mass is 35.5. The van der Waals surface area contributed by atoms with E-state index in [9.17, 15) is 8.78 Å². The van der Waals surface area contributed by atoms with Crippen molar-refractivity contribution in [3.05, 3.63) is 77.1 Å². The number of aromatic amines is 2. The molecule has 10 heteroatoms. The smallest absolute Gasteiger partial charge is 0.162 e.